The fourth-order valence-electron chi connectivity index (χ4n) is 2.64. The minimum absolute atomic E-state index is 0.391. The minimum Gasteiger partial charge on any atom is -0.354 e. The van der Waals surface area contributed by atoms with Crippen LogP contribution in [0.5, 0.6) is 0 Å². The first-order chi connectivity index (χ1) is 10.6. The average Bonchev–Trinajstić information content (AvgIpc) is 2.94. The van der Waals surface area contributed by atoms with Crippen LogP contribution in [0.1, 0.15) is 26.6 Å². The van der Waals surface area contributed by atoms with Gasteiger partial charge in [0.2, 0.25) is 5.65 Å². The zero-order valence-corrected chi connectivity index (χ0v) is 12.8. The molecule has 2 aromatic heterocycles. The van der Waals surface area contributed by atoms with Crippen molar-refractivity contribution in [2.75, 3.05) is 18.0 Å². The van der Waals surface area contributed by atoms with Crippen LogP contribution in [0.15, 0.2) is 12.1 Å². The highest BCUT2D eigenvalue weighted by Gasteiger charge is 2.19. The molecule has 22 heavy (non-hydrogen) atoms. The molecule has 116 valence electrons. The molecule has 0 saturated carbocycles. The quantitative estimate of drug-likeness (QED) is 0.743. The Balaban J connectivity index is 2.46. The van der Waals surface area contributed by atoms with Gasteiger partial charge in [0.25, 0.3) is 0 Å². The summed E-state index contributed by atoms with van der Waals surface area (Å²) in [5.41, 5.74) is 1.44. The van der Waals surface area contributed by atoms with Crippen molar-refractivity contribution in [2.24, 2.45) is 0 Å². The van der Waals surface area contributed by atoms with Crippen LogP contribution in [0, 0.1) is 11.6 Å². The molecular formula is C15H17F2N5. The van der Waals surface area contributed by atoms with E-state index >= 15 is 0 Å². The van der Waals surface area contributed by atoms with Crippen molar-refractivity contribution >= 4 is 22.5 Å². The van der Waals surface area contributed by atoms with E-state index in [1.54, 1.807) is 4.40 Å². The third-order valence-electron chi connectivity index (χ3n) is 3.79. The molecule has 0 bridgehead atoms. The van der Waals surface area contributed by atoms with Gasteiger partial charge in [-0.2, -0.15) is 0 Å². The second-order valence-corrected chi connectivity index (χ2v) is 4.99. The van der Waals surface area contributed by atoms with Crippen LogP contribution in [-0.4, -0.2) is 32.7 Å². The Morgan fingerprint density at radius 2 is 1.73 bits per heavy atom. The topological polar surface area (TPSA) is 46.3 Å². The summed E-state index contributed by atoms with van der Waals surface area (Å²) in [5, 5.41) is 8.36. The van der Waals surface area contributed by atoms with Gasteiger partial charge >= 0.3 is 0 Å². The summed E-state index contributed by atoms with van der Waals surface area (Å²) in [4.78, 5) is 6.51. The standard InChI is InChI=1S/C15H17F2N5/c1-4-13-19-20-15-14(21(5-2)6-3)18-11-7-9(16)10(17)8-12(11)22(13)15/h7-8H,4-6H2,1-3H3. The number of aryl methyl sites for hydroxylation is 1. The average molecular weight is 305 g/mol. The number of nitrogens with zero attached hydrogens (tertiary/aromatic N) is 5. The van der Waals surface area contributed by atoms with Crippen LogP contribution < -0.4 is 4.90 Å². The van der Waals surface area contributed by atoms with Crippen molar-refractivity contribution in [3.05, 3.63) is 29.6 Å². The fourth-order valence-corrected chi connectivity index (χ4v) is 2.64. The molecule has 0 aliphatic heterocycles. The number of rotatable bonds is 4. The lowest BCUT2D eigenvalue weighted by atomic mass is 10.2. The van der Waals surface area contributed by atoms with Crippen molar-refractivity contribution in [3.63, 3.8) is 0 Å². The summed E-state index contributed by atoms with van der Waals surface area (Å²) in [6.45, 7) is 7.44. The number of hydrogen-bond acceptors (Lipinski definition) is 4. The maximum absolute atomic E-state index is 13.6. The third-order valence-corrected chi connectivity index (χ3v) is 3.79. The molecule has 0 aliphatic carbocycles. The van der Waals surface area contributed by atoms with E-state index in [4.69, 9.17) is 0 Å². The van der Waals surface area contributed by atoms with Crippen LogP contribution in [0.2, 0.25) is 0 Å². The maximum atomic E-state index is 13.6. The largest absolute Gasteiger partial charge is 0.354 e. The molecule has 0 unspecified atom stereocenters. The van der Waals surface area contributed by atoms with Crippen LogP contribution in [0.4, 0.5) is 14.6 Å². The molecule has 0 fully saturated rings. The Morgan fingerprint density at radius 3 is 2.36 bits per heavy atom. The van der Waals surface area contributed by atoms with E-state index in [0.717, 1.165) is 25.2 Å². The van der Waals surface area contributed by atoms with Crippen LogP contribution in [0.25, 0.3) is 16.7 Å². The van der Waals surface area contributed by atoms with Gasteiger partial charge in [0, 0.05) is 31.6 Å². The van der Waals surface area contributed by atoms with E-state index in [1.807, 2.05) is 25.7 Å². The van der Waals surface area contributed by atoms with E-state index in [2.05, 4.69) is 15.2 Å². The fraction of sp³-hybridized carbons (Fsp3) is 0.400. The Kier molecular flexibility index (Phi) is 3.64. The first kappa shape index (κ1) is 14.6. The molecular weight excluding hydrogens is 288 g/mol. The molecule has 1 aromatic carbocycles. The van der Waals surface area contributed by atoms with E-state index in [-0.39, 0.29) is 0 Å². The predicted octanol–water partition coefficient (Wildman–Crippen LogP) is 2.96. The SMILES string of the molecule is CCc1nnc2c(N(CC)CC)nc3cc(F)c(F)cc3n12. The number of hydrogen-bond donors (Lipinski definition) is 0. The first-order valence-corrected chi connectivity index (χ1v) is 7.38. The Hall–Kier alpha value is -2.31. The molecule has 3 aromatic rings. The van der Waals surface area contributed by atoms with Crippen molar-refractivity contribution in [1.29, 1.82) is 0 Å². The molecule has 5 nitrogen and oxygen atoms in total. The number of halogens is 2. The molecule has 0 aliphatic rings. The second-order valence-electron chi connectivity index (χ2n) is 4.99. The zero-order valence-electron chi connectivity index (χ0n) is 12.8. The van der Waals surface area contributed by atoms with Gasteiger partial charge in [0.15, 0.2) is 17.5 Å². The molecule has 0 N–H and O–H groups in total. The summed E-state index contributed by atoms with van der Waals surface area (Å²) >= 11 is 0. The summed E-state index contributed by atoms with van der Waals surface area (Å²) < 4.78 is 29.0. The van der Waals surface area contributed by atoms with Crippen molar-refractivity contribution in [2.45, 2.75) is 27.2 Å². The van der Waals surface area contributed by atoms with E-state index in [9.17, 15) is 8.78 Å². The lowest BCUT2D eigenvalue weighted by Gasteiger charge is -2.20. The molecule has 3 rings (SSSR count). The van der Waals surface area contributed by atoms with Crippen LogP contribution >= 0.6 is 0 Å². The van der Waals surface area contributed by atoms with Crippen LogP contribution in [-0.2, 0) is 6.42 Å². The van der Waals surface area contributed by atoms with Gasteiger partial charge in [-0.15, -0.1) is 10.2 Å². The second kappa shape index (κ2) is 5.47. The van der Waals surface area contributed by atoms with Crippen LogP contribution in [0.3, 0.4) is 0 Å². The van der Waals surface area contributed by atoms with Crippen molar-refractivity contribution in [3.8, 4) is 0 Å². The van der Waals surface area contributed by atoms with E-state index in [1.165, 1.54) is 0 Å². The molecule has 0 radical (unpaired) electrons. The molecule has 0 spiro atoms. The summed E-state index contributed by atoms with van der Waals surface area (Å²) in [6.07, 6.45) is 0.636. The number of benzene rings is 1. The summed E-state index contributed by atoms with van der Waals surface area (Å²) in [6, 6.07) is 2.27. The van der Waals surface area contributed by atoms with Crippen molar-refractivity contribution < 1.29 is 8.78 Å². The monoisotopic (exact) mass is 305 g/mol. The van der Waals surface area contributed by atoms with Gasteiger partial charge in [-0.1, -0.05) is 6.92 Å². The number of anilines is 1. The van der Waals surface area contributed by atoms with Crippen molar-refractivity contribution in [1.82, 2.24) is 19.6 Å². The van der Waals surface area contributed by atoms with Gasteiger partial charge < -0.3 is 4.90 Å². The first-order valence-electron chi connectivity index (χ1n) is 7.38. The smallest absolute Gasteiger partial charge is 0.204 e. The summed E-state index contributed by atoms with van der Waals surface area (Å²) in [7, 11) is 0. The normalized spacial score (nSPS) is 11.5. The number of fused-ring (bicyclic) bond motifs is 3. The summed E-state index contributed by atoms with van der Waals surface area (Å²) in [5.74, 6) is -0.476. The van der Waals surface area contributed by atoms with E-state index < -0.39 is 11.6 Å². The maximum Gasteiger partial charge on any atom is 0.204 e. The highest BCUT2D eigenvalue weighted by atomic mass is 19.2. The van der Waals surface area contributed by atoms with Gasteiger partial charge in [-0.25, -0.2) is 13.8 Å². The van der Waals surface area contributed by atoms with E-state index in [0.29, 0.717) is 34.7 Å². The molecule has 0 atom stereocenters. The highest BCUT2D eigenvalue weighted by Crippen LogP contribution is 2.26. The van der Waals surface area contributed by atoms with Gasteiger partial charge in [-0.3, -0.25) is 4.40 Å². The third kappa shape index (κ3) is 2.08. The Labute approximate surface area is 126 Å². The highest BCUT2D eigenvalue weighted by molar-refractivity contribution is 5.83. The molecule has 0 saturated heterocycles. The molecule has 7 heteroatoms. The Morgan fingerprint density at radius 1 is 1.05 bits per heavy atom. The lowest BCUT2D eigenvalue weighted by Crippen LogP contribution is -2.24. The Bertz CT molecular complexity index is 839. The lowest BCUT2D eigenvalue weighted by molar-refractivity contribution is 0.510. The predicted molar refractivity (Wildman–Crippen MR) is 81.1 cm³/mol. The molecule has 2 heterocycles. The minimum atomic E-state index is -0.907. The van der Waals surface area contributed by atoms with Gasteiger partial charge in [0.05, 0.1) is 11.0 Å². The molecule has 0 amide bonds. The van der Waals surface area contributed by atoms with Gasteiger partial charge in [-0.05, 0) is 13.8 Å². The van der Waals surface area contributed by atoms with Gasteiger partial charge in [0.1, 0.15) is 5.82 Å². The zero-order chi connectivity index (χ0) is 15.9. The number of aromatic nitrogens is 4.